The first-order chi connectivity index (χ1) is 15.2. The third-order valence-electron chi connectivity index (χ3n) is 5.04. The van der Waals surface area contributed by atoms with Crippen LogP contribution in [0.5, 0.6) is 0 Å². The second-order valence-corrected chi connectivity index (χ2v) is 10.1. The first-order valence-corrected chi connectivity index (χ1v) is 12.5. The molecule has 4 N–H and O–H groups in total. The van der Waals surface area contributed by atoms with E-state index in [1.807, 2.05) is 0 Å². The van der Waals surface area contributed by atoms with Crippen molar-refractivity contribution >= 4 is 44.5 Å². The molecule has 1 aliphatic heterocycles. The van der Waals surface area contributed by atoms with Crippen LogP contribution < -0.4 is 15.8 Å². The second-order valence-electron chi connectivity index (χ2n) is 7.35. The van der Waals surface area contributed by atoms with Crippen molar-refractivity contribution in [1.82, 2.24) is 9.88 Å². The number of benzene rings is 2. The molecule has 0 aliphatic carbocycles. The molecule has 32 heavy (non-hydrogen) atoms. The summed E-state index contributed by atoms with van der Waals surface area (Å²) in [5, 5.41) is 4.15. The van der Waals surface area contributed by atoms with Crippen molar-refractivity contribution in [1.29, 1.82) is 0 Å². The highest BCUT2D eigenvalue weighted by Crippen LogP contribution is 2.31. The number of hydrogen-bond donors (Lipinski definition) is 3. The molecule has 0 amide bonds. The van der Waals surface area contributed by atoms with E-state index in [0.717, 1.165) is 37.2 Å². The summed E-state index contributed by atoms with van der Waals surface area (Å²) < 4.78 is 56.2. The van der Waals surface area contributed by atoms with Crippen LogP contribution in [0.1, 0.15) is 23.7 Å². The fourth-order valence-corrected chi connectivity index (χ4v) is 5.20. The predicted octanol–water partition coefficient (Wildman–Crippen LogP) is 4.15. The quantitative estimate of drug-likeness (QED) is 0.402. The lowest BCUT2D eigenvalue weighted by atomic mass is 10.1. The average molecular weight is 500 g/mol. The van der Waals surface area contributed by atoms with Crippen LogP contribution in [0, 0.1) is 11.6 Å². The van der Waals surface area contributed by atoms with Crippen LogP contribution in [0.3, 0.4) is 0 Å². The molecular weight excluding hydrogens is 480 g/mol. The largest absolute Gasteiger partial charge is 0.365 e. The zero-order valence-electron chi connectivity index (χ0n) is 16.7. The topological polar surface area (TPSA) is 100 Å². The van der Waals surface area contributed by atoms with Gasteiger partial charge in [-0.25, -0.2) is 22.2 Å². The number of thiazole rings is 1. The van der Waals surface area contributed by atoms with Crippen LogP contribution >= 0.6 is 22.9 Å². The molecule has 170 valence electrons. The zero-order chi connectivity index (χ0) is 22.9. The molecule has 1 saturated heterocycles. The van der Waals surface area contributed by atoms with Gasteiger partial charge >= 0.3 is 0 Å². The van der Waals surface area contributed by atoms with E-state index >= 15 is 0 Å². The number of likely N-dealkylation sites (tertiary alicyclic amines) is 1. The molecule has 0 bridgehead atoms. The van der Waals surface area contributed by atoms with Crippen molar-refractivity contribution in [3.05, 3.63) is 69.0 Å². The molecular formula is C20H20ClF2N5O2S2. The molecule has 2 aromatic carbocycles. The van der Waals surface area contributed by atoms with E-state index in [9.17, 15) is 17.2 Å². The first kappa shape index (κ1) is 22.9. The lowest BCUT2D eigenvalue weighted by Crippen LogP contribution is -2.36. The van der Waals surface area contributed by atoms with Crippen molar-refractivity contribution < 1.29 is 17.2 Å². The van der Waals surface area contributed by atoms with Crippen LogP contribution in [-0.2, 0) is 16.6 Å². The summed E-state index contributed by atoms with van der Waals surface area (Å²) >= 11 is 7.38. The highest BCUT2D eigenvalue weighted by Gasteiger charge is 2.23. The van der Waals surface area contributed by atoms with Crippen molar-refractivity contribution in [2.75, 3.05) is 23.1 Å². The Kier molecular flexibility index (Phi) is 6.63. The summed E-state index contributed by atoms with van der Waals surface area (Å²) in [7, 11) is -4.24. The van der Waals surface area contributed by atoms with Gasteiger partial charge in [0.2, 0.25) is 0 Å². The molecule has 0 saturated carbocycles. The number of hydrogen-bond acceptors (Lipinski definition) is 7. The van der Waals surface area contributed by atoms with Gasteiger partial charge in [-0.2, -0.15) is 0 Å². The predicted molar refractivity (Wildman–Crippen MR) is 121 cm³/mol. The number of sulfonamides is 1. The Morgan fingerprint density at radius 3 is 2.66 bits per heavy atom. The summed E-state index contributed by atoms with van der Waals surface area (Å²) in [4.78, 5) is 5.40. The van der Waals surface area contributed by atoms with E-state index < -0.39 is 32.7 Å². The van der Waals surface area contributed by atoms with Crippen LogP contribution in [0.4, 0.5) is 20.3 Å². The Hall–Kier alpha value is -2.31. The van der Waals surface area contributed by atoms with Crippen molar-refractivity contribution in [3.63, 3.8) is 0 Å². The molecule has 12 heteroatoms. The van der Waals surface area contributed by atoms with E-state index in [1.54, 1.807) is 12.1 Å². The minimum atomic E-state index is -4.24. The van der Waals surface area contributed by atoms with E-state index in [4.69, 9.17) is 17.3 Å². The van der Waals surface area contributed by atoms with Gasteiger partial charge in [-0.1, -0.05) is 17.7 Å². The molecule has 3 aromatic rings. The highest BCUT2D eigenvalue weighted by atomic mass is 35.5. The molecule has 1 aliphatic rings. The molecule has 4 rings (SSSR count). The van der Waals surface area contributed by atoms with Gasteiger partial charge in [-0.05, 0) is 49.3 Å². The van der Waals surface area contributed by atoms with Gasteiger partial charge in [0.15, 0.2) is 5.82 Å². The first-order valence-electron chi connectivity index (χ1n) is 9.66. The number of anilines is 2. The monoisotopic (exact) mass is 499 g/mol. The van der Waals surface area contributed by atoms with E-state index in [2.05, 4.69) is 19.9 Å². The smallest absolute Gasteiger partial charge is 0.266 e. The molecule has 1 fully saturated rings. The SMILES string of the molecule is N[C@H](Nc1cc(F)c(S(=O)(=O)Nc2cscn2)cc1Cl)c1cc(CN2CCC2)ccc1F. The van der Waals surface area contributed by atoms with Crippen molar-refractivity contribution in [2.24, 2.45) is 5.73 Å². The number of nitrogens with two attached hydrogens (primary N) is 1. The number of halogens is 3. The Balaban J connectivity index is 1.54. The molecule has 2 heterocycles. The highest BCUT2D eigenvalue weighted by molar-refractivity contribution is 7.92. The van der Waals surface area contributed by atoms with Gasteiger partial charge in [0.1, 0.15) is 22.7 Å². The normalized spacial score (nSPS) is 15.2. The Morgan fingerprint density at radius 2 is 2.00 bits per heavy atom. The molecule has 0 unspecified atom stereocenters. The van der Waals surface area contributed by atoms with Crippen molar-refractivity contribution in [3.8, 4) is 0 Å². The average Bonchev–Trinajstić information content (AvgIpc) is 3.20. The summed E-state index contributed by atoms with van der Waals surface area (Å²) in [6.45, 7) is 2.69. The zero-order valence-corrected chi connectivity index (χ0v) is 19.1. The van der Waals surface area contributed by atoms with Crippen LogP contribution in [0.15, 0.2) is 46.1 Å². The Morgan fingerprint density at radius 1 is 1.22 bits per heavy atom. The number of aromatic nitrogens is 1. The van der Waals surface area contributed by atoms with Gasteiger partial charge in [0.25, 0.3) is 10.0 Å². The maximum atomic E-state index is 14.7. The second kappa shape index (κ2) is 9.28. The van der Waals surface area contributed by atoms with Gasteiger partial charge in [0.05, 0.1) is 16.2 Å². The van der Waals surface area contributed by atoms with Gasteiger partial charge in [0, 0.05) is 17.5 Å². The fraction of sp³-hybridized carbons (Fsp3) is 0.250. The summed E-state index contributed by atoms with van der Waals surface area (Å²) in [6.07, 6.45) is 0.114. The van der Waals surface area contributed by atoms with Gasteiger partial charge in [-0.3, -0.25) is 9.62 Å². The van der Waals surface area contributed by atoms with Crippen LogP contribution in [0.2, 0.25) is 5.02 Å². The maximum Gasteiger partial charge on any atom is 0.266 e. The minimum absolute atomic E-state index is 0.0387. The standard InChI is InChI=1S/C20H20ClF2N5O2S2/c21-14-7-18(32(29,30)27-19-10-31-11-25-19)16(23)8-17(14)26-20(24)13-6-12(2-3-15(13)22)9-28-4-1-5-28/h2-3,6-8,10-11,20,26-27H,1,4-5,9,24H2/t20-/m1/s1. The summed E-state index contributed by atoms with van der Waals surface area (Å²) in [6, 6.07) is 6.59. The minimum Gasteiger partial charge on any atom is -0.365 e. The third-order valence-corrected chi connectivity index (χ3v) is 7.31. The number of nitrogens with one attached hydrogen (secondary N) is 2. The summed E-state index contributed by atoms with van der Waals surface area (Å²) in [5.41, 5.74) is 8.70. The fourth-order valence-electron chi connectivity index (χ4n) is 3.27. The lowest BCUT2D eigenvalue weighted by Gasteiger charge is -2.31. The van der Waals surface area contributed by atoms with E-state index in [-0.39, 0.29) is 22.1 Å². The van der Waals surface area contributed by atoms with Crippen LogP contribution in [0.25, 0.3) is 0 Å². The van der Waals surface area contributed by atoms with E-state index in [0.29, 0.717) is 6.54 Å². The molecule has 1 aromatic heterocycles. The summed E-state index contributed by atoms with van der Waals surface area (Å²) in [5.74, 6) is -1.48. The molecule has 1 atom stereocenters. The lowest BCUT2D eigenvalue weighted by molar-refractivity contribution is 0.172. The van der Waals surface area contributed by atoms with Gasteiger partial charge < -0.3 is 11.1 Å². The molecule has 0 radical (unpaired) electrons. The number of nitrogens with zero attached hydrogens (tertiary/aromatic N) is 2. The number of rotatable bonds is 8. The Bertz CT molecular complexity index is 1220. The van der Waals surface area contributed by atoms with Crippen LogP contribution in [-0.4, -0.2) is 31.4 Å². The van der Waals surface area contributed by atoms with E-state index in [1.165, 1.54) is 28.3 Å². The maximum absolute atomic E-state index is 14.7. The molecule has 0 spiro atoms. The molecule has 7 nitrogen and oxygen atoms in total. The third kappa shape index (κ3) is 5.02. The van der Waals surface area contributed by atoms with Gasteiger partial charge in [-0.15, -0.1) is 11.3 Å². The van der Waals surface area contributed by atoms with Crippen molar-refractivity contribution in [2.45, 2.75) is 24.0 Å². The Labute approximate surface area is 193 Å².